The van der Waals surface area contributed by atoms with Crippen molar-refractivity contribution in [3.05, 3.63) is 46.0 Å². The van der Waals surface area contributed by atoms with Crippen LogP contribution in [-0.2, 0) is 0 Å². The maximum absolute atomic E-state index is 13.3. The van der Waals surface area contributed by atoms with E-state index >= 15 is 0 Å². The Hall–Kier alpha value is -2.17. The summed E-state index contributed by atoms with van der Waals surface area (Å²) >= 11 is 0. The van der Waals surface area contributed by atoms with Gasteiger partial charge in [0.05, 0.1) is 6.07 Å². The Morgan fingerprint density at radius 2 is 2.12 bits per heavy atom. The highest BCUT2D eigenvalue weighted by molar-refractivity contribution is 5.55. The predicted molar refractivity (Wildman–Crippen MR) is 56.7 cm³/mol. The second kappa shape index (κ2) is 3.77. The Kier molecular flexibility index (Phi) is 2.44. The minimum atomic E-state index is -0.483. The van der Waals surface area contributed by atoms with E-state index in [2.05, 4.69) is 9.97 Å². The van der Waals surface area contributed by atoms with E-state index in [0.29, 0.717) is 11.1 Å². The van der Waals surface area contributed by atoms with Crippen LogP contribution in [0.25, 0.3) is 11.4 Å². The molecule has 2 aromatic rings. The fourth-order valence-corrected chi connectivity index (χ4v) is 1.32. The molecule has 0 amide bonds. The summed E-state index contributed by atoms with van der Waals surface area (Å²) in [6.45, 7) is 1.64. The molecule has 82 valence electrons. The van der Waals surface area contributed by atoms with E-state index in [1.54, 1.807) is 19.1 Å². The van der Waals surface area contributed by atoms with Crippen LogP contribution < -0.4 is 5.56 Å². The van der Waals surface area contributed by atoms with Crippen molar-refractivity contribution in [2.45, 2.75) is 6.92 Å². The SMILES string of the molecule is Cc1ccc(-c2nc(O)cc(=O)[nH]2)cc1F. The summed E-state index contributed by atoms with van der Waals surface area (Å²) in [6.07, 6.45) is 0. The molecular formula is C11H9FN2O2. The molecule has 2 N–H and O–H groups in total. The molecule has 0 radical (unpaired) electrons. The van der Waals surface area contributed by atoms with Crippen molar-refractivity contribution in [2.24, 2.45) is 0 Å². The summed E-state index contributed by atoms with van der Waals surface area (Å²) in [5.74, 6) is -0.632. The molecule has 1 aromatic carbocycles. The number of aromatic hydroxyl groups is 1. The van der Waals surface area contributed by atoms with E-state index in [1.807, 2.05) is 0 Å². The van der Waals surface area contributed by atoms with Gasteiger partial charge in [-0.2, -0.15) is 4.98 Å². The number of rotatable bonds is 1. The fraction of sp³-hybridized carbons (Fsp3) is 0.0909. The molecule has 0 aliphatic rings. The monoisotopic (exact) mass is 220 g/mol. The minimum absolute atomic E-state index is 0.143. The van der Waals surface area contributed by atoms with Gasteiger partial charge in [-0.25, -0.2) is 4.39 Å². The normalized spacial score (nSPS) is 10.4. The molecule has 0 aliphatic heterocycles. The number of hydrogen-bond donors (Lipinski definition) is 2. The van der Waals surface area contributed by atoms with Crippen molar-refractivity contribution < 1.29 is 9.50 Å². The Balaban J connectivity index is 2.58. The minimum Gasteiger partial charge on any atom is -0.493 e. The predicted octanol–water partition coefficient (Wildman–Crippen LogP) is 1.59. The summed E-state index contributed by atoms with van der Waals surface area (Å²) < 4.78 is 13.3. The number of aryl methyl sites for hydroxylation is 1. The maximum Gasteiger partial charge on any atom is 0.254 e. The van der Waals surface area contributed by atoms with Gasteiger partial charge >= 0.3 is 0 Å². The Morgan fingerprint density at radius 1 is 1.38 bits per heavy atom. The Labute approximate surface area is 90.4 Å². The molecule has 1 heterocycles. The zero-order valence-electron chi connectivity index (χ0n) is 8.49. The average molecular weight is 220 g/mol. The molecule has 0 saturated carbocycles. The van der Waals surface area contributed by atoms with Crippen molar-refractivity contribution in [3.63, 3.8) is 0 Å². The smallest absolute Gasteiger partial charge is 0.254 e. The van der Waals surface area contributed by atoms with Crippen LogP contribution in [0.3, 0.4) is 0 Å². The second-order valence-corrected chi connectivity index (χ2v) is 3.42. The van der Waals surface area contributed by atoms with Gasteiger partial charge in [-0.05, 0) is 18.6 Å². The molecule has 2 rings (SSSR count). The summed E-state index contributed by atoms with van der Waals surface area (Å²) in [5.41, 5.74) is 0.436. The van der Waals surface area contributed by atoms with Gasteiger partial charge in [0, 0.05) is 5.56 Å². The van der Waals surface area contributed by atoms with Crippen molar-refractivity contribution in [2.75, 3.05) is 0 Å². The Bertz CT molecular complexity index is 593. The molecule has 16 heavy (non-hydrogen) atoms. The van der Waals surface area contributed by atoms with Crippen LogP contribution in [0.4, 0.5) is 4.39 Å². The van der Waals surface area contributed by atoms with E-state index in [0.717, 1.165) is 6.07 Å². The van der Waals surface area contributed by atoms with Gasteiger partial charge in [0.2, 0.25) is 5.88 Å². The zero-order valence-corrected chi connectivity index (χ0v) is 8.49. The number of aromatic amines is 1. The summed E-state index contributed by atoms with van der Waals surface area (Å²) in [5, 5.41) is 9.15. The van der Waals surface area contributed by atoms with Gasteiger partial charge in [0.25, 0.3) is 5.56 Å². The van der Waals surface area contributed by atoms with Crippen LogP contribution in [0, 0.1) is 12.7 Å². The second-order valence-electron chi connectivity index (χ2n) is 3.42. The van der Waals surface area contributed by atoms with Crippen LogP contribution in [0.2, 0.25) is 0 Å². The average Bonchev–Trinajstić information content (AvgIpc) is 2.20. The first-order valence-electron chi connectivity index (χ1n) is 4.63. The molecule has 1 aromatic heterocycles. The van der Waals surface area contributed by atoms with E-state index in [-0.39, 0.29) is 17.5 Å². The highest BCUT2D eigenvalue weighted by Gasteiger charge is 2.05. The Morgan fingerprint density at radius 3 is 2.75 bits per heavy atom. The number of aromatic nitrogens is 2. The highest BCUT2D eigenvalue weighted by atomic mass is 19.1. The lowest BCUT2D eigenvalue weighted by atomic mass is 10.1. The molecule has 5 heteroatoms. The molecule has 0 spiro atoms. The van der Waals surface area contributed by atoms with Gasteiger partial charge in [-0.1, -0.05) is 12.1 Å². The number of nitrogens with one attached hydrogen (secondary N) is 1. The first kappa shape index (κ1) is 10.4. The van der Waals surface area contributed by atoms with Crippen LogP contribution in [0.1, 0.15) is 5.56 Å². The third kappa shape index (κ3) is 1.93. The lowest BCUT2D eigenvalue weighted by molar-refractivity contribution is 0.452. The number of nitrogens with zero attached hydrogens (tertiary/aromatic N) is 1. The lowest BCUT2D eigenvalue weighted by Gasteiger charge is -2.02. The molecular weight excluding hydrogens is 211 g/mol. The fourth-order valence-electron chi connectivity index (χ4n) is 1.32. The first-order valence-corrected chi connectivity index (χ1v) is 4.63. The number of benzene rings is 1. The van der Waals surface area contributed by atoms with Gasteiger partial charge in [0.15, 0.2) is 0 Å². The maximum atomic E-state index is 13.3. The van der Waals surface area contributed by atoms with E-state index in [4.69, 9.17) is 5.11 Å². The molecule has 0 fully saturated rings. The molecule has 0 bridgehead atoms. The van der Waals surface area contributed by atoms with Crippen molar-refractivity contribution in [1.29, 1.82) is 0 Å². The third-order valence-electron chi connectivity index (χ3n) is 2.17. The van der Waals surface area contributed by atoms with E-state index in [1.165, 1.54) is 6.07 Å². The first-order chi connectivity index (χ1) is 7.56. The third-order valence-corrected chi connectivity index (χ3v) is 2.17. The largest absolute Gasteiger partial charge is 0.493 e. The number of hydrogen-bond acceptors (Lipinski definition) is 3. The van der Waals surface area contributed by atoms with Gasteiger partial charge in [-0.15, -0.1) is 0 Å². The van der Waals surface area contributed by atoms with Crippen molar-refractivity contribution >= 4 is 0 Å². The summed E-state index contributed by atoms with van der Waals surface area (Å²) in [4.78, 5) is 17.2. The van der Waals surface area contributed by atoms with Crippen LogP contribution in [0.5, 0.6) is 5.88 Å². The quantitative estimate of drug-likeness (QED) is 0.766. The zero-order chi connectivity index (χ0) is 11.7. The topological polar surface area (TPSA) is 66.0 Å². The summed E-state index contributed by atoms with van der Waals surface area (Å²) in [6, 6.07) is 5.41. The van der Waals surface area contributed by atoms with Crippen LogP contribution in [0.15, 0.2) is 29.1 Å². The molecule has 0 aliphatic carbocycles. The molecule has 4 nitrogen and oxygen atoms in total. The molecule has 0 unspecified atom stereocenters. The van der Waals surface area contributed by atoms with Crippen molar-refractivity contribution in [3.8, 4) is 17.3 Å². The lowest BCUT2D eigenvalue weighted by Crippen LogP contribution is -2.06. The molecule has 0 atom stereocenters. The molecule has 0 saturated heterocycles. The number of halogens is 1. The van der Waals surface area contributed by atoms with Gasteiger partial charge in [-0.3, -0.25) is 4.79 Å². The number of H-pyrrole nitrogens is 1. The van der Waals surface area contributed by atoms with Gasteiger partial charge < -0.3 is 10.1 Å². The van der Waals surface area contributed by atoms with Gasteiger partial charge in [0.1, 0.15) is 11.6 Å². The standard InChI is InChI=1S/C11H9FN2O2/c1-6-2-3-7(4-8(6)12)11-13-9(15)5-10(16)14-11/h2-5H,1H3,(H2,13,14,15,16). The van der Waals surface area contributed by atoms with E-state index < -0.39 is 5.56 Å². The highest BCUT2D eigenvalue weighted by Crippen LogP contribution is 2.18. The van der Waals surface area contributed by atoms with Crippen LogP contribution >= 0.6 is 0 Å². The van der Waals surface area contributed by atoms with E-state index in [9.17, 15) is 9.18 Å². The summed E-state index contributed by atoms with van der Waals surface area (Å²) in [7, 11) is 0. The van der Waals surface area contributed by atoms with Crippen molar-refractivity contribution in [1.82, 2.24) is 9.97 Å². The van der Waals surface area contributed by atoms with Crippen LogP contribution in [-0.4, -0.2) is 15.1 Å².